The molecule has 0 bridgehead atoms. The van der Waals surface area contributed by atoms with Crippen molar-refractivity contribution >= 4 is 27.3 Å². The van der Waals surface area contributed by atoms with E-state index in [1.807, 2.05) is 24.4 Å². The maximum absolute atomic E-state index is 12.4. The second-order valence-electron chi connectivity index (χ2n) is 4.91. The summed E-state index contributed by atoms with van der Waals surface area (Å²) in [5.41, 5.74) is 0.217. The van der Waals surface area contributed by atoms with Crippen LogP contribution in [-0.2, 0) is 16.4 Å². The molecule has 2 heterocycles. The Kier molecular flexibility index (Phi) is 5.05. The number of hydrogen-bond donors (Lipinski definition) is 1. The minimum Gasteiger partial charge on any atom is -0.451 e. The van der Waals surface area contributed by atoms with E-state index in [4.69, 9.17) is 4.42 Å². The third-order valence-corrected chi connectivity index (χ3v) is 5.59. The van der Waals surface area contributed by atoms with Crippen LogP contribution in [0.2, 0.25) is 0 Å². The van der Waals surface area contributed by atoms with Gasteiger partial charge < -0.3 is 9.32 Å². The molecule has 0 aliphatic carbocycles. The number of amides is 1. The van der Waals surface area contributed by atoms with Crippen molar-refractivity contribution in [1.29, 1.82) is 0 Å². The monoisotopic (exact) mass is 342 g/mol. The lowest BCUT2D eigenvalue weighted by Gasteiger charge is -2.24. The number of furan rings is 1. The van der Waals surface area contributed by atoms with Gasteiger partial charge >= 0.3 is 0 Å². The van der Waals surface area contributed by atoms with Crippen LogP contribution in [0.5, 0.6) is 0 Å². The highest BCUT2D eigenvalue weighted by atomic mass is 32.2. The molecule has 2 rings (SSSR count). The molecule has 8 heteroatoms. The van der Waals surface area contributed by atoms with Gasteiger partial charge in [-0.25, -0.2) is 13.1 Å². The SMILES string of the molecule is CNS(=O)(=O)c1cc(C(=O)N(C)[C@H](C)Cc2cccs2)co1. The second kappa shape index (κ2) is 6.64. The van der Waals surface area contributed by atoms with Gasteiger partial charge in [0.1, 0.15) is 6.26 Å². The zero-order valence-corrected chi connectivity index (χ0v) is 14.2. The molecule has 0 aliphatic heterocycles. The highest BCUT2D eigenvalue weighted by molar-refractivity contribution is 7.89. The molecular weight excluding hydrogens is 324 g/mol. The molecule has 0 spiro atoms. The fourth-order valence-corrected chi connectivity index (χ4v) is 3.42. The third-order valence-electron chi connectivity index (χ3n) is 3.41. The lowest BCUT2D eigenvalue weighted by molar-refractivity contribution is 0.0743. The molecule has 0 unspecified atom stereocenters. The summed E-state index contributed by atoms with van der Waals surface area (Å²) in [6, 6.07) is 5.22. The Morgan fingerprint density at radius 1 is 1.50 bits per heavy atom. The van der Waals surface area contributed by atoms with Crippen LogP contribution >= 0.6 is 11.3 Å². The van der Waals surface area contributed by atoms with Gasteiger partial charge in [0.2, 0.25) is 5.09 Å². The van der Waals surface area contributed by atoms with Crippen LogP contribution in [0.3, 0.4) is 0 Å². The Morgan fingerprint density at radius 2 is 2.23 bits per heavy atom. The van der Waals surface area contributed by atoms with Crippen molar-refractivity contribution in [2.75, 3.05) is 14.1 Å². The summed E-state index contributed by atoms with van der Waals surface area (Å²) < 4.78 is 30.4. The number of rotatable bonds is 6. The average Bonchev–Trinajstić information content (AvgIpc) is 3.17. The fraction of sp³-hybridized carbons (Fsp3) is 0.357. The number of nitrogens with one attached hydrogen (secondary N) is 1. The molecule has 0 saturated carbocycles. The van der Waals surface area contributed by atoms with E-state index in [-0.39, 0.29) is 22.6 Å². The Balaban J connectivity index is 2.10. The molecule has 2 aromatic rings. The van der Waals surface area contributed by atoms with Gasteiger partial charge in [0.25, 0.3) is 15.9 Å². The molecule has 1 amide bonds. The van der Waals surface area contributed by atoms with Crippen LogP contribution in [0.15, 0.2) is 39.4 Å². The Morgan fingerprint density at radius 3 is 2.82 bits per heavy atom. The van der Waals surface area contributed by atoms with Crippen molar-refractivity contribution in [2.24, 2.45) is 0 Å². The predicted octanol–water partition coefficient (Wildman–Crippen LogP) is 1.95. The van der Waals surface area contributed by atoms with E-state index in [1.165, 1.54) is 24.3 Å². The van der Waals surface area contributed by atoms with E-state index in [2.05, 4.69) is 4.72 Å². The molecule has 0 saturated heterocycles. The molecule has 1 atom stereocenters. The molecule has 22 heavy (non-hydrogen) atoms. The highest BCUT2D eigenvalue weighted by Crippen LogP contribution is 2.18. The van der Waals surface area contributed by atoms with Crippen molar-refractivity contribution in [2.45, 2.75) is 24.5 Å². The zero-order valence-electron chi connectivity index (χ0n) is 12.6. The Bertz CT molecular complexity index is 735. The number of carbonyl (C=O) groups excluding carboxylic acids is 1. The molecule has 0 aromatic carbocycles. The predicted molar refractivity (Wildman–Crippen MR) is 84.5 cm³/mol. The molecule has 120 valence electrons. The largest absolute Gasteiger partial charge is 0.451 e. The van der Waals surface area contributed by atoms with Crippen LogP contribution in [0.1, 0.15) is 22.2 Å². The van der Waals surface area contributed by atoms with Gasteiger partial charge in [-0.2, -0.15) is 0 Å². The first-order valence-corrected chi connectivity index (χ1v) is 9.03. The summed E-state index contributed by atoms with van der Waals surface area (Å²) in [5.74, 6) is -0.273. The smallest absolute Gasteiger partial charge is 0.273 e. The normalized spacial score (nSPS) is 13.0. The summed E-state index contributed by atoms with van der Waals surface area (Å²) in [6.45, 7) is 1.95. The van der Waals surface area contributed by atoms with E-state index < -0.39 is 10.0 Å². The van der Waals surface area contributed by atoms with E-state index in [0.29, 0.717) is 0 Å². The van der Waals surface area contributed by atoms with Crippen LogP contribution < -0.4 is 4.72 Å². The van der Waals surface area contributed by atoms with Crippen molar-refractivity contribution < 1.29 is 17.6 Å². The van der Waals surface area contributed by atoms with E-state index >= 15 is 0 Å². The Hall–Kier alpha value is -1.64. The van der Waals surface area contributed by atoms with Crippen LogP contribution in [0, 0.1) is 0 Å². The van der Waals surface area contributed by atoms with Crippen LogP contribution in [0.4, 0.5) is 0 Å². The van der Waals surface area contributed by atoms with Gasteiger partial charge in [0.15, 0.2) is 0 Å². The number of carbonyl (C=O) groups is 1. The van der Waals surface area contributed by atoms with Gasteiger partial charge in [0, 0.05) is 30.5 Å². The van der Waals surface area contributed by atoms with Crippen LogP contribution in [-0.4, -0.2) is 39.4 Å². The van der Waals surface area contributed by atoms with Gasteiger partial charge in [-0.05, 0) is 25.4 Å². The standard InChI is InChI=1S/C14H18N2O4S2/c1-10(7-12-5-4-6-21-12)16(3)14(17)11-8-13(20-9-11)22(18,19)15-2/h4-6,8-10,15H,7H2,1-3H3/t10-/m1/s1. The molecule has 2 aromatic heterocycles. The fourth-order valence-electron chi connectivity index (χ4n) is 1.93. The topological polar surface area (TPSA) is 79.6 Å². The summed E-state index contributed by atoms with van der Waals surface area (Å²) in [5, 5.41) is 1.73. The van der Waals surface area contributed by atoms with Crippen molar-refractivity contribution in [3.8, 4) is 0 Å². The number of hydrogen-bond acceptors (Lipinski definition) is 5. The van der Waals surface area contributed by atoms with Crippen LogP contribution in [0.25, 0.3) is 0 Å². The summed E-state index contributed by atoms with van der Waals surface area (Å²) in [6.07, 6.45) is 1.92. The maximum Gasteiger partial charge on any atom is 0.273 e. The molecule has 0 aliphatic rings. The van der Waals surface area contributed by atoms with E-state index in [1.54, 1.807) is 23.3 Å². The van der Waals surface area contributed by atoms with Crippen molar-refractivity contribution in [3.63, 3.8) is 0 Å². The first kappa shape index (κ1) is 16.7. The van der Waals surface area contributed by atoms with Gasteiger partial charge in [-0.1, -0.05) is 6.07 Å². The molecule has 1 N–H and O–H groups in total. The first-order chi connectivity index (χ1) is 10.3. The van der Waals surface area contributed by atoms with Gasteiger partial charge in [-0.3, -0.25) is 4.79 Å². The minimum atomic E-state index is -3.68. The Labute approximate surface area is 133 Å². The van der Waals surface area contributed by atoms with Gasteiger partial charge in [0.05, 0.1) is 5.56 Å². The van der Waals surface area contributed by atoms with Gasteiger partial charge in [-0.15, -0.1) is 11.3 Å². The maximum atomic E-state index is 12.4. The quantitative estimate of drug-likeness (QED) is 0.870. The number of nitrogens with zero attached hydrogens (tertiary/aromatic N) is 1. The molecule has 0 radical (unpaired) electrons. The summed E-state index contributed by atoms with van der Waals surface area (Å²) >= 11 is 1.64. The minimum absolute atomic E-state index is 0.00888. The highest BCUT2D eigenvalue weighted by Gasteiger charge is 2.23. The number of sulfonamides is 1. The third kappa shape index (κ3) is 3.57. The zero-order chi connectivity index (χ0) is 16.3. The number of thiophene rings is 1. The van der Waals surface area contributed by atoms with E-state index in [0.717, 1.165) is 6.42 Å². The lowest BCUT2D eigenvalue weighted by Crippen LogP contribution is -2.36. The van der Waals surface area contributed by atoms with E-state index in [9.17, 15) is 13.2 Å². The first-order valence-electron chi connectivity index (χ1n) is 6.66. The molecule has 0 fully saturated rings. The summed E-state index contributed by atoms with van der Waals surface area (Å²) in [7, 11) is -0.703. The second-order valence-corrected chi connectivity index (χ2v) is 7.76. The average molecular weight is 342 g/mol. The van der Waals surface area contributed by atoms with Crippen molar-refractivity contribution in [1.82, 2.24) is 9.62 Å². The molecule has 6 nitrogen and oxygen atoms in total. The molecular formula is C14H18N2O4S2. The lowest BCUT2D eigenvalue weighted by atomic mass is 10.1. The van der Waals surface area contributed by atoms with Crippen molar-refractivity contribution in [3.05, 3.63) is 40.3 Å². The summed E-state index contributed by atoms with van der Waals surface area (Å²) in [4.78, 5) is 15.2. The number of likely N-dealkylation sites (N-methyl/N-ethyl adjacent to an activating group) is 1.